The first-order chi connectivity index (χ1) is 5.90. The third-order valence-electron chi connectivity index (χ3n) is 2.23. The first kappa shape index (κ1) is 10.8. The molecule has 1 saturated heterocycles. The standard InChI is InChI=1S/C7H15NO5/c1-7(12)6(11)5(10)4(9)3(2-8)13-7/h3-6,9-12H,2,8H2,1H3/t3-,4-,5+,6-,7+/m1/s1. The van der Waals surface area contributed by atoms with Crippen molar-refractivity contribution in [1.29, 1.82) is 0 Å². The van der Waals surface area contributed by atoms with Crippen LogP contribution in [0.2, 0.25) is 0 Å². The van der Waals surface area contributed by atoms with E-state index < -0.39 is 30.2 Å². The maximum absolute atomic E-state index is 9.43. The van der Waals surface area contributed by atoms with Gasteiger partial charge in [0.2, 0.25) is 0 Å². The van der Waals surface area contributed by atoms with E-state index in [2.05, 4.69) is 0 Å². The van der Waals surface area contributed by atoms with Gasteiger partial charge in [-0.1, -0.05) is 0 Å². The zero-order valence-electron chi connectivity index (χ0n) is 7.29. The molecule has 6 heteroatoms. The molecule has 0 aromatic heterocycles. The van der Waals surface area contributed by atoms with E-state index in [0.717, 1.165) is 0 Å². The van der Waals surface area contributed by atoms with Crippen molar-refractivity contribution in [3.8, 4) is 0 Å². The van der Waals surface area contributed by atoms with Crippen molar-refractivity contribution >= 4 is 0 Å². The van der Waals surface area contributed by atoms with Crippen LogP contribution in [0, 0.1) is 0 Å². The van der Waals surface area contributed by atoms with Gasteiger partial charge in [0.05, 0.1) is 0 Å². The van der Waals surface area contributed by atoms with Crippen LogP contribution < -0.4 is 5.73 Å². The Kier molecular flexibility index (Phi) is 2.91. The van der Waals surface area contributed by atoms with Crippen LogP contribution in [-0.4, -0.2) is 57.2 Å². The van der Waals surface area contributed by atoms with Crippen LogP contribution in [0.15, 0.2) is 0 Å². The highest BCUT2D eigenvalue weighted by Gasteiger charge is 2.49. The van der Waals surface area contributed by atoms with E-state index in [4.69, 9.17) is 10.5 Å². The molecule has 0 unspecified atom stereocenters. The summed E-state index contributed by atoms with van der Waals surface area (Å²) in [5.74, 6) is -1.87. The summed E-state index contributed by atoms with van der Waals surface area (Å²) in [4.78, 5) is 0. The van der Waals surface area contributed by atoms with E-state index in [1.165, 1.54) is 6.92 Å². The molecule has 13 heavy (non-hydrogen) atoms. The van der Waals surface area contributed by atoms with Gasteiger partial charge in [-0.05, 0) is 6.92 Å². The van der Waals surface area contributed by atoms with Gasteiger partial charge in [0, 0.05) is 6.54 Å². The Hall–Kier alpha value is -0.240. The number of rotatable bonds is 1. The van der Waals surface area contributed by atoms with Crippen LogP contribution in [0.5, 0.6) is 0 Å². The number of aliphatic hydroxyl groups is 4. The van der Waals surface area contributed by atoms with Crippen LogP contribution in [0.4, 0.5) is 0 Å². The lowest BCUT2D eigenvalue weighted by Crippen LogP contribution is -2.64. The molecule has 78 valence electrons. The van der Waals surface area contributed by atoms with Crippen molar-refractivity contribution in [3.63, 3.8) is 0 Å². The van der Waals surface area contributed by atoms with Crippen molar-refractivity contribution in [2.45, 2.75) is 37.1 Å². The smallest absolute Gasteiger partial charge is 0.192 e. The van der Waals surface area contributed by atoms with E-state index in [9.17, 15) is 20.4 Å². The molecule has 0 radical (unpaired) electrons. The maximum Gasteiger partial charge on any atom is 0.192 e. The number of aliphatic hydroxyl groups excluding tert-OH is 3. The molecule has 1 heterocycles. The Morgan fingerprint density at radius 1 is 1.31 bits per heavy atom. The van der Waals surface area contributed by atoms with Crippen LogP contribution >= 0.6 is 0 Å². The zero-order valence-corrected chi connectivity index (χ0v) is 7.29. The molecule has 5 atom stereocenters. The molecule has 6 N–H and O–H groups in total. The summed E-state index contributed by atoms with van der Waals surface area (Å²) in [7, 11) is 0. The fourth-order valence-electron chi connectivity index (χ4n) is 1.36. The second-order valence-electron chi connectivity index (χ2n) is 3.37. The van der Waals surface area contributed by atoms with Gasteiger partial charge >= 0.3 is 0 Å². The van der Waals surface area contributed by atoms with E-state index in [-0.39, 0.29) is 6.54 Å². The Morgan fingerprint density at radius 3 is 2.31 bits per heavy atom. The van der Waals surface area contributed by atoms with E-state index >= 15 is 0 Å². The molecule has 0 aromatic rings. The lowest BCUT2D eigenvalue weighted by molar-refractivity contribution is -0.335. The number of hydrogen-bond acceptors (Lipinski definition) is 6. The minimum Gasteiger partial charge on any atom is -0.388 e. The van der Waals surface area contributed by atoms with Gasteiger partial charge in [0.15, 0.2) is 5.79 Å². The quantitative estimate of drug-likeness (QED) is 0.306. The first-order valence-electron chi connectivity index (χ1n) is 4.04. The van der Waals surface area contributed by atoms with Gasteiger partial charge in [0.25, 0.3) is 0 Å². The summed E-state index contributed by atoms with van der Waals surface area (Å²) in [5, 5.41) is 37.3. The minimum absolute atomic E-state index is 0.0406. The lowest BCUT2D eigenvalue weighted by atomic mass is 9.93. The molecule has 6 nitrogen and oxygen atoms in total. The summed E-state index contributed by atoms with van der Waals surface area (Å²) in [6, 6.07) is 0. The molecule has 0 amide bonds. The zero-order chi connectivity index (χ0) is 10.2. The number of nitrogens with two attached hydrogens (primary N) is 1. The van der Waals surface area contributed by atoms with Gasteiger partial charge in [0.1, 0.15) is 24.4 Å². The predicted molar refractivity (Wildman–Crippen MR) is 42.6 cm³/mol. The lowest BCUT2D eigenvalue weighted by Gasteiger charge is -2.43. The summed E-state index contributed by atoms with van der Waals surface area (Å²) >= 11 is 0. The third-order valence-corrected chi connectivity index (χ3v) is 2.23. The van der Waals surface area contributed by atoms with Crippen LogP contribution in [-0.2, 0) is 4.74 Å². The normalized spacial score (nSPS) is 52.2. The second-order valence-corrected chi connectivity index (χ2v) is 3.37. The molecular formula is C7H15NO5. The molecule has 1 rings (SSSR count). The molecule has 0 spiro atoms. The molecule has 0 saturated carbocycles. The molecule has 1 aliphatic rings. The maximum atomic E-state index is 9.43. The summed E-state index contributed by atoms with van der Waals surface area (Å²) in [5.41, 5.74) is 5.23. The van der Waals surface area contributed by atoms with Crippen molar-refractivity contribution in [2.75, 3.05) is 6.54 Å². The van der Waals surface area contributed by atoms with Gasteiger partial charge in [-0.2, -0.15) is 0 Å². The largest absolute Gasteiger partial charge is 0.388 e. The molecule has 0 aromatic carbocycles. The van der Waals surface area contributed by atoms with Gasteiger partial charge in [-0.3, -0.25) is 0 Å². The second kappa shape index (κ2) is 3.49. The summed E-state index contributed by atoms with van der Waals surface area (Å²) in [6.07, 6.45) is -5.13. The predicted octanol–water partition coefficient (Wildman–Crippen LogP) is -2.86. The van der Waals surface area contributed by atoms with Crippen LogP contribution in [0.1, 0.15) is 6.92 Å². The Morgan fingerprint density at radius 2 is 1.85 bits per heavy atom. The Labute approximate surface area is 75.6 Å². The Balaban J connectivity index is 2.79. The third kappa shape index (κ3) is 1.83. The fraction of sp³-hybridized carbons (Fsp3) is 1.00. The average molecular weight is 193 g/mol. The average Bonchev–Trinajstić information content (AvgIpc) is 2.08. The van der Waals surface area contributed by atoms with E-state index in [1.54, 1.807) is 0 Å². The molecule has 0 bridgehead atoms. The van der Waals surface area contributed by atoms with Crippen LogP contribution in [0.3, 0.4) is 0 Å². The van der Waals surface area contributed by atoms with Gasteiger partial charge < -0.3 is 30.9 Å². The van der Waals surface area contributed by atoms with Crippen molar-refractivity contribution in [2.24, 2.45) is 5.73 Å². The highest BCUT2D eigenvalue weighted by molar-refractivity contribution is 4.94. The first-order valence-corrected chi connectivity index (χ1v) is 4.04. The fourth-order valence-corrected chi connectivity index (χ4v) is 1.36. The highest BCUT2D eigenvalue weighted by atomic mass is 16.7. The van der Waals surface area contributed by atoms with Gasteiger partial charge in [-0.15, -0.1) is 0 Å². The van der Waals surface area contributed by atoms with Crippen LogP contribution in [0.25, 0.3) is 0 Å². The van der Waals surface area contributed by atoms with Gasteiger partial charge in [-0.25, -0.2) is 0 Å². The van der Waals surface area contributed by atoms with Crippen molar-refractivity contribution in [3.05, 3.63) is 0 Å². The molecular weight excluding hydrogens is 178 g/mol. The van der Waals surface area contributed by atoms with E-state index in [1.807, 2.05) is 0 Å². The van der Waals surface area contributed by atoms with E-state index in [0.29, 0.717) is 0 Å². The monoisotopic (exact) mass is 193 g/mol. The topological polar surface area (TPSA) is 116 Å². The molecule has 1 fully saturated rings. The highest BCUT2D eigenvalue weighted by Crippen LogP contribution is 2.26. The molecule has 0 aliphatic carbocycles. The van der Waals surface area contributed by atoms with Crippen molar-refractivity contribution < 1.29 is 25.2 Å². The minimum atomic E-state index is -1.87. The van der Waals surface area contributed by atoms with Crippen molar-refractivity contribution in [1.82, 2.24) is 0 Å². The number of hydrogen-bond donors (Lipinski definition) is 5. The Bertz CT molecular complexity index is 184. The number of ether oxygens (including phenoxy) is 1. The molecule has 1 aliphatic heterocycles. The summed E-state index contributed by atoms with van der Waals surface area (Å²) < 4.78 is 4.89. The SMILES string of the molecule is C[C@]1(O)O[C@H](CN)[C@@H](O)[C@H](O)[C@H]1O. The summed E-state index contributed by atoms with van der Waals surface area (Å²) in [6.45, 7) is 1.16.